The van der Waals surface area contributed by atoms with E-state index in [9.17, 15) is 9.59 Å². The lowest BCUT2D eigenvalue weighted by Gasteiger charge is -2.19. The Bertz CT molecular complexity index is 766. The molecule has 0 bridgehead atoms. The van der Waals surface area contributed by atoms with E-state index in [1.165, 1.54) is 0 Å². The highest BCUT2D eigenvalue weighted by Crippen LogP contribution is 2.32. The Balaban J connectivity index is 0.000000469. The van der Waals surface area contributed by atoms with Crippen LogP contribution in [-0.2, 0) is 19.1 Å². The van der Waals surface area contributed by atoms with E-state index in [0.717, 1.165) is 19.4 Å². The number of anilines is 1. The van der Waals surface area contributed by atoms with Gasteiger partial charge < -0.3 is 35.1 Å². The maximum absolute atomic E-state index is 11.8. The fourth-order valence-corrected chi connectivity index (χ4v) is 2.61. The third kappa shape index (κ3) is 7.93. The molecular weight excluding hydrogens is 402 g/mol. The van der Waals surface area contributed by atoms with E-state index in [0.29, 0.717) is 36.9 Å². The maximum Gasteiger partial charge on any atom is 0.414 e. The number of amides is 3. The average molecular weight is 425 g/mol. The number of rotatable bonds is 5. The number of carboxylic acids is 2. The van der Waals surface area contributed by atoms with Gasteiger partial charge in [-0.05, 0) is 25.0 Å². The number of hydrogen-bond donors (Lipinski definition) is 5. The van der Waals surface area contributed by atoms with Gasteiger partial charge >= 0.3 is 18.0 Å². The number of imide groups is 1. The van der Waals surface area contributed by atoms with Gasteiger partial charge in [-0.15, -0.1) is 0 Å². The van der Waals surface area contributed by atoms with E-state index in [4.69, 9.17) is 34.0 Å². The highest BCUT2D eigenvalue weighted by atomic mass is 16.6. The van der Waals surface area contributed by atoms with Gasteiger partial charge in [0, 0.05) is 24.9 Å². The molecule has 0 aliphatic carbocycles. The van der Waals surface area contributed by atoms with Crippen LogP contribution in [0.25, 0.3) is 0 Å². The molecule has 1 atom stereocenters. The Morgan fingerprint density at radius 3 is 2.33 bits per heavy atom. The number of nitrogens with one attached hydrogen (secondary N) is 3. The number of carbonyl (C=O) groups excluding carboxylic acids is 2. The molecule has 2 heterocycles. The molecule has 2 aliphatic rings. The minimum atomic E-state index is -1.82. The van der Waals surface area contributed by atoms with Crippen molar-refractivity contribution in [3.8, 4) is 11.5 Å². The standard InChI is InChI=1S/C16H21N3O5.C2H2O4/c20-15(10-17-9-12-2-1-5-22-12)19-16(21)18-11-3-4-13-14(8-11)24-7-6-23-13;3-1(4)2(5)6/h3-4,8,12,17H,1-2,5-7,9-10H2,(H2,18,19,20,21);(H,3,4)(H,5,6). The van der Waals surface area contributed by atoms with Crippen molar-refractivity contribution >= 4 is 29.6 Å². The molecule has 1 fully saturated rings. The molecule has 0 spiro atoms. The number of ether oxygens (including phenoxy) is 3. The molecule has 1 aromatic rings. The summed E-state index contributed by atoms with van der Waals surface area (Å²) < 4.78 is 16.3. The topological polar surface area (TPSA) is 173 Å². The molecular formula is C18H23N3O9. The van der Waals surface area contributed by atoms with Crippen LogP contribution >= 0.6 is 0 Å². The SMILES string of the molecule is O=C(CNCC1CCCO1)NC(=O)Nc1ccc2c(c1)OCCO2.O=C(O)C(=O)O. The van der Waals surface area contributed by atoms with Gasteiger partial charge in [0.05, 0.1) is 12.6 Å². The molecule has 3 rings (SSSR count). The first-order valence-corrected chi connectivity index (χ1v) is 9.14. The van der Waals surface area contributed by atoms with Gasteiger partial charge in [0.2, 0.25) is 5.91 Å². The van der Waals surface area contributed by atoms with E-state index in [-0.39, 0.29) is 12.6 Å². The zero-order valence-electron chi connectivity index (χ0n) is 16.0. The molecule has 1 saturated heterocycles. The van der Waals surface area contributed by atoms with Gasteiger partial charge in [-0.3, -0.25) is 10.1 Å². The molecule has 1 unspecified atom stereocenters. The summed E-state index contributed by atoms with van der Waals surface area (Å²) >= 11 is 0. The van der Waals surface area contributed by atoms with E-state index in [1.54, 1.807) is 18.2 Å². The summed E-state index contributed by atoms with van der Waals surface area (Å²) in [6.45, 7) is 2.42. The van der Waals surface area contributed by atoms with Crippen LogP contribution in [0.2, 0.25) is 0 Å². The number of carboxylic acid groups (broad SMARTS) is 2. The highest BCUT2D eigenvalue weighted by molar-refractivity contribution is 6.27. The Kier molecular flexibility index (Phi) is 8.84. The van der Waals surface area contributed by atoms with Crippen LogP contribution in [0.5, 0.6) is 11.5 Å². The first kappa shape index (κ1) is 22.9. The first-order valence-electron chi connectivity index (χ1n) is 9.14. The molecule has 5 N–H and O–H groups in total. The molecule has 0 aromatic heterocycles. The second-order valence-electron chi connectivity index (χ2n) is 6.24. The number of carbonyl (C=O) groups is 4. The van der Waals surface area contributed by atoms with Crippen LogP contribution in [0.4, 0.5) is 10.5 Å². The number of urea groups is 1. The lowest BCUT2D eigenvalue weighted by Crippen LogP contribution is -2.41. The second-order valence-corrected chi connectivity index (χ2v) is 6.24. The number of aliphatic carboxylic acids is 2. The minimum absolute atomic E-state index is 0.0639. The van der Waals surface area contributed by atoms with Crippen molar-refractivity contribution in [2.45, 2.75) is 18.9 Å². The van der Waals surface area contributed by atoms with Gasteiger partial charge in [0.15, 0.2) is 11.5 Å². The molecule has 12 nitrogen and oxygen atoms in total. The van der Waals surface area contributed by atoms with Gasteiger partial charge in [0.1, 0.15) is 13.2 Å². The largest absolute Gasteiger partial charge is 0.486 e. The van der Waals surface area contributed by atoms with Crippen molar-refractivity contribution in [2.24, 2.45) is 0 Å². The molecule has 2 aliphatic heterocycles. The van der Waals surface area contributed by atoms with Crippen LogP contribution in [-0.4, -0.2) is 73.1 Å². The fourth-order valence-electron chi connectivity index (χ4n) is 2.61. The third-order valence-electron chi connectivity index (χ3n) is 3.92. The van der Waals surface area contributed by atoms with Crippen molar-refractivity contribution in [3.63, 3.8) is 0 Å². The Morgan fingerprint density at radius 1 is 1.00 bits per heavy atom. The van der Waals surface area contributed by atoms with E-state index in [2.05, 4.69) is 16.0 Å². The Hall–Kier alpha value is -3.38. The lowest BCUT2D eigenvalue weighted by atomic mass is 10.2. The summed E-state index contributed by atoms with van der Waals surface area (Å²) in [5.41, 5.74) is 0.525. The van der Waals surface area contributed by atoms with E-state index >= 15 is 0 Å². The summed E-state index contributed by atoms with van der Waals surface area (Å²) in [7, 11) is 0. The summed E-state index contributed by atoms with van der Waals surface area (Å²) in [4.78, 5) is 41.8. The van der Waals surface area contributed by atoms with Crippen LogP contribution in [0.15, 0.2) is 18.2 Å². The smallest absolute Gasteiger partial charge is 0.414 e. The van der Waals surface area contributed by atoms with Crippen LogP contribution < -0.4 is 25.4 Å². The molecule has 12 heteroatoms. The second kappa shape index (κ2) is 11.6. The van der Waals surface area contributed by atoms with Gasteiger partial charge in [-0.2, -0.15) is 0 Å². The van der Waals surface area contributed by atoms with Crippen molar-refractivity contribution in [1.82, 2.24) is 10.6 Å². The predicted molar refractivity (Wildman–Crippen MR) is 102 cm³/mol. The quantitative estimate of drug-likeness (QED) is 0.405. The summed E-state index contributed by atoms with van der Waals surface area (Å²) in [6.07, 6.45) is 2.21. The lowest BCUT2D eigenvalue weighted by molar-refractivity contribution is -0.159. The molecule has 3 amide bonds. The van der Waals surface area contributed by atoms with Crippen molar-refractivity contribution < 1.29 is 43.6 Å². The first-order chi connectivity index (χ1) is 14.3. The Morgan fingerprint density at radius 2 is 1.70 bits per heavy atom. The minimum Gasteiger partial charge on any atom is -0.486 e. The van der Waals surface area contributed by atoms with Gasteiger partial charge in [-0.25, -0.2) is 14.4 Å². The summed E-state index contributed by atoms with van der Waals surface area (Å²) in [5, 5.41) is 22.6. The van der Waals surface area contributed by atoms with Crippen LogP contribution in [0, 0.1) is 0 Å². The fraction of sp³-hybridized carbons (Fsp3) is 0.444. The predicted octanol–water partition coefficient (Wildman–Crippen LogP) is 0.0301. The number of fused-ring (bicyclic) bond motifs is 1. The van der Waals surface area contributed by atoms with Crippen molar-refractivity contribution in [2.75, 3.05) is 38.2 Å². The molecule has 1 aromatic carbocycles. The van der Waals surface area contributed by atoms with Gasteiger partial charge in [-0.1, -0.05) is 0 Å². The third-order valence-corrected chi connectivity index (χ3v) is 3.92. The highest BCUT2D eigenvalue weighted by Gasteiger charge is 2.16. The molecule has 0 radical (unpaired) electrons. The average Bonchev–Trinajstić information content (AvgIpc) is 3.21. The molecule has 0 saturated carbocycles. The van der Waals surface area contributed by atoms with Crippen LogP contribution in [0.3, 0.4) is 0 Å². The van der Waals surface area contributed by atoms with Crippen molar-refractivity contribution in [3.05, 3.63) is 18.2 Å². The number of benzene rings is 1. The maximum atomic E-state index is 11.8. The monoisotopic (exact) mass is 425 g/mol. The van der Waals surface area contributed by atoms with Crippen LogP contribution in [0.1, 0.15) is 12.8 Å². The van der Waals surface area contributed by atoms with Gasteiger partial charge in [0.25, 0.3) is 0 Å². The van der Waals surface area contributed by atoms with E-state index in [1.807, 2.05) is 0 Å². The molecule has 164 valence electrons. The molecule has 30 heavy (non-hydrogen) atoms. The number of hydrogen-bond acceptors (Lipinski definition) is 8. The zero-order chi connectivity index (χ0) is 21.9. The summed E-state index contributed by atoms with van der Waals surface area (Å²) in [5.74, 6) is -2.83. The van der Waals surface area contributed by atoms with E-state index < -0.39 is 23.9 Å². The normalized spacial score (nSPS) is 16.6. The Labute approximate surface area is 171 Å². The summed E-state index contributed by atoms with van der Waals surface area (Å²) in [6, 6.07) is 4.48. The zero-order valence-corrected chi connectivity index (χ0v) is 16.0. The van der Waals surface area contributed by atoms with Crippen molar-refractivity contribution in [1.29, 1.82) is 0 Å².